The van der Waals surface area contributed by atoms with Crippen LogP contribution in [0.15, 0.2) is 24.3 Å². The first-order valence-electron chi connectivity index (χ1n) is 6.63. The maximum Gasteiger partial charge on any atom is 0.123 e. The summed E-state index contributed by atoms with van der Waals surface area (Å²) in [7, 11) is 2.08. The fourth-order valence-electron chi connectivity index (χ4n) is 2.22. The highest BCUT2D eigenvalue weighted by Gasteiger charge is 2.21. The molecule has 0 spiro atoms. The highest BCUT2D eigenvalue weighted by molar-refractivity contribution is 5.21. The SMILES string of the molecule is CC(C)CCN(C)C(c1ccc(F)cc1)C(C)N. The topological polar surface area (TPSA) is 29.3 Å². The third-order valence-corrected chi connectivity index (χ3v) is 3.24. The minimum atomic E-state index is -0.202. The molecule has 0 saturated heterocycles. The van der Waals surface area contributed by atoms with E-state index in [-0.39, 0.29) is 17.9 Å². The number of nitrogens with two attached hydrogens (primary N) is 1. The van der Waals surface area contributed by atoms with Crippen LogP contribution in [0.25, 0.3) is 0 Å². The molecule has 1 aromatic rings. The lowest BCUT2D eigenvalue weighted by Gasteiger charge is -2.32. The Morgan fingerprint density at radius 2 is 1.72 bits per heavy atom. The van der Waals surface area contributed by atoms with Crippen LogP contribution in [0.5, 0.6) is 0 Å². The maximum atomic E-state index is 13.0. The molecule has 0 aromatic heterocycles. The van der Waals surface area contributed by atoms with E-state index in [1.54, 1.807) is 0 Å². The monoisotopic (exact) mass is 252 g/mol. The largest absolute Gasteiger partial charge is 0.326 e. The van der Waals surface area contributed by atoms with Gasteiger partial charge in [-0.2, -0.15) is 0 Å². The molecule has 2 unspecified atom stereocenters. The van der Waals surface area contributed by atoms with Crippen LogP contribution in [0.4, 0.5) is 4.39 Å². The van der Waals surface area contributed by atoms with Gasteiger partial charge in [-0.05, 0) is 50.6 Å². The van der Waals surface area contributed by atoms with Crippen molar-refractivity contribution in [1.29, 1.82) is 0 Å². The summed E-state index contributed by atoms with van der Waals surface area (Å²) < 4.78 is 13.0. The molecular formula is C15H25FN2. The lowest BCUT2D eigenvalue weighted by molar-refractivity contribution is 0.208. The van der Waals surface area contributed by atoms with Gasteiger partial charge in [0, 0.05) is 12.1 Å². The number of likely N-dealkylation sites (N-methyl/N-ethyl adjacent to an activating group) is 1. The van der Waals surface area contributed by atoms with Crippen molar-refractivity contribution in [1.82, 2.24) is 4.90 Å². The Hall–Kier alpha value is -0.930. The van der Waals surface area contributed by atoms with Gasteiger partial charge in [0.2, 0.25) is 0 Å². The molecular weight excluding hydrogens is 227 g/mol. The molecule has 0 bridgehead atoms. The van der Waals surface area contributed by atoms with Gasteiger partial charge in [0.25, 0.3) is 0 Å². The number of rotatable bonds is 6. The minimum Gasteiger partial charge on any atom is -0.326 e. The van der Waals surface area contributed by atoms with Crippen molar-refractivity contribution < 1.29 is 4.39 Å². The maximum absolute atomic E-state index is 13.0. The lowest BCUT2D eigenvalue weighted by Crippen LogP contribution is -2.38. The van der Waals surface area contributed by atoms with Crippen molar-refractivity contribution in [2.24, 2.45) is 11.7 Å². The van der Waals surface area contributed by atoms with Crippen LogP contribution in [0.1, 0.15) is 38.8 Å². The normalized spacial score (nSPS) is 15.1. The Balaban J connectivity index is 2.78. The first-order chi connectivity index (χ1) is 8.41. The second-order valence-electron chi connectivity index (χ2n) is 5.52. The molecule has 0 heterocycles. The first kappa shape index (κ1) is 15.1. The Labute approximate surface area is 110 Å². The molecule has 3 heteroatoms. The summed E-state index contributed by atoms with van der Waals surface area (Å²) in [4.78, 5) is 2.26. The van der Waals surface area contributed by atoms with Crippen LogP contribution in [0.2, 0.25) is 0 Å². The van der Waals surface area contributed by atoms with Crippen LogP contribution >= 0.6 is 0 Å². The molecule has 18 heavy (non-hydrogen) atoms. The zero-order valence-corrected chi connectivity index (χ0v) is 11.9. The number of halogens is 1. The second kappa shape index (κ2) is 6.86. The van der Waals surface area contributed by atoms with Gasteiger partial charge in [-0.15, -0.1) is 0 Å². The Morgan fingerprint density at radius 1 is 1.17 bits per heavy atom. The van der Waals surface area contributed by atoms with E-state index in [0.717, 1.165) is 18.5 Å². The Bertz CT molecular complexity index is 346. The zero-order chi connectivity index (χ0) is 13.7. The summed E-state index contributed by atoms with van der Waals surface area (Å²) in [6, 6.07) is 6.82. The molecule has 0 saturated carbocycles. The van der Waals surface area contributed by atoms with E-state index in [4.69, 9.17) is 5.73 Å². The summed E-state index contributed by atoms with van der Waals surface area (Å²) in [6.07, 6.45) is 1.14. The Kier molecular flexibility index (Phi) is 5.76. The molecule has 2 N–H and O–H groups in total. The predicted molar refractivity (Wildman–Crippen MR) is 74.9 cm³/mol. The first-order valence-corrected chi connectivity index (χ1v) is 6.63. The second-order valence-corrected chi connectivity index (χ2v) is 5.52. The highest BCUT2D eigenvalue weighted by atomic mass is 19.1. The number of benzene rings is 1. The van der Waals surface area contributed by atoms with Crippen LogP contribution in [-0.4, -0.2) is 24.5 Å². The molecule has 0 aliphatic rings. The van der Waals surface area contributed by atoms with E-state index in [0.29, 0.717) is 5.92 Å². The van der Waals surface area contributed by atoms with Gasteiger partial charge in [0.1, 0.15) is 5.82 Å². The number of nitrogens with zero attached hydrogens (tertiary/aromatic N) is 1. The van der Waals surface area contributed by atoms with Crippen LogP contribution in [0.3, 0.4) is 0 Å². The molecule has 102 valence electrons. The van der Waals surface area contributed by atoms with Crippen molar-refractivity contribution >= 4 is 0 Å². The fourth-order valence-corrected chi connectivity index (χ4v) is 2.22. The van der Waals surface area contributed by atoms with Gasteiger partial charge in [-0.3, -0.25) is 4.90 Å². The van der Waals surface area contributed by atoms with E-state index in [1.807, 2.05) is 19.1 Å². The van der Waals surface area contributed by atoms with Gasteiger partial charge >= 0.3 is 0 Å². The number of hydrogen-bond acceptors (Lipinski definition) is 2. The average Bonchev–Trinajstić information content (AvgIpc) is 2.29. The molecule has 2 nitrogen and oxygen atoms in total. The summed E-state index contributed by atoms with van der Waals surface area (Å²) >= 11 is 0. The number of hydrogen-bond donors (Lipinski definition) is 1. The van der Waals surface area contributed by atoms with Crippen molar-refractivity contribution in [2.75, 3.05) is 13.6 Å². The van der Waals surface area contributed by atoms with Gasteiger partial charge < -0.3 is 5.73 Å². The molecule has 0 aliphatic carbocycles. The molecule has 2 atom stereocenters. The van der Waals surface area contributed by atoms with E-state index < -0.39 is 0 Å². The highest BCUT2D eigenvalue weighted by Crippen LogP contribution is 2.23. The van der Waals surface area contributed by atoms with Crippen molar-refractivity contribution in [3.63, 3.8) is 0 Å². The molecule has 0 fully saturated rings. The lowest BCUT2D eigenvalue weighted by atomic mass is 9.98. The smallest absolute Gasteiger partial charge is 0.123 e. The third-order valence-electron chi connectivity index (χ3n) is 3.24. The van der Waals surface area contributed by atoms with Gasteiger partial charge in [0.15, 0.2) is 0 Å². The molecule has 0 amide bonds. The van der Waals surface area contributed by atoms with Crippen LogP contribution in [0, 0.1) is 11.7 Å². The Morgan fingerprint density at radius 3 is 2.17 bits per heavy atom. The average molecular weight is 252 g/mol. The van der Waals surface area contributed by atoms with Gasteiger partial charge in [-0.25, -0.2) is 4.39 Å². The molecule has 0 aliphatic heterocycles. The zero-order valence-electron chi connectivity index (χ0n) is 11.9. The third kappa shape index (κ3) is 4.39. The van der Waals surface area contributed by atoms with E-state index in [9.17, 15) is 4.39 Å². The summed E-state index contributed by atoms with van der Waals surface area (Å²) in [5, 5.41) is 0. The van der Waals surface area contributed by atoms with E-state index in [1.165, 1.54) is 12.1 Å². The van der Waals surface area contributed by atoms with Gasteiger partial charge in [-0.1, -0.05) is 26.0 Å². The summed E-state index contributed by atoms with van der Waals surface area (Å²) in [5.41, 5.74) is 7.16. The fraction of sp³-hybridized carbons (Fsp3) is 0.600. The summed E-state index contributed by atoms with van der Waals surface area (Å²) in [5.74, 6) is 0.474. The molecule has 1 rings (SSSR count). The van der Waals surface area contributed by atoms with Crippen LogP contribution in [-0.2, 0) is 0 Å². The van der Waals surface area contributed by atoms with Gasteiger partial charge in [0.05, 0.1) is 0 Å². The van der Waals surface area contributed by atoms with E-state index >= 15 is 0 Å². The van der Waals surface area contributed by atoms with Crippen LogP contribution < -0.4 is 5.73 Å². The molecule has 0 radical (unpaired) electrons. The van der Waals surface area contributed by atoms with E-state index in [2.05, 4.69) is 25.8 Å². The quantitative estimate of drug-likeness (QED) is 0.842. The van der Waals surface area contributed by atoms with Crippen molar-refractivity contribution in [3.05, 3.63) is 35.6 Å². The predicted octanol–water partition coefficient (Wildman–Crippen LogP) is 3.19. The standard InChI is InChI=1S/C15H25FN2/c1-11(2)9-10-18(4)15(12(3)17)13-5-7-14(16)8-6-13/h5-8,11-12,15H,9-10,17H2,1-4H3. The van der Waals surface area contributed by atoms with Crippen molar-refractivity contribution in [2.45, 2.75) is 39.3 Å². The minimum absolute atomic E-state index is 0.0209. The summed E-state index contributed by atoms with van der Waals surface area (Å²) in [6.45, 7) is 7.43. The van der Waals surface area contributed by atoms with Crippen molar-refractivity contribution in [3.8, 4) is 0 Å². The molecule has 1 aromatic carbocycles.